The molecule has 1 N–H and O–H groups in total. The molecule has 0 aliphatic carbocycles. The second kappa shape index (κ2) is 5.23. The Morgan fingerprint density at radius 3 is 2.44 bits per heavy atom. The monoisotopic (exact) mass is 243 g/mol. The van der Waals surface area contributed by atoms with Gasteiger partial charge >= 0.3 is 0 Å². The van der Waals surface area contributed by atoms with Crippen molar-refractivity contribution in [1.29, 1.82) is 0 Å². The largest absolute Gasteiger partial charge is 0.504 e. The Morgan fingerprint density at radius 1 is 1.11 bits per heavy atom. The minimum absolute atomic E-state index is 0.0654. The van der Waals surface area contributed by atoms with Crippen molar-refractivity contribution in [3.63, 3.8) is 0 Å². The first-order valence-electron chi connectivity index (χ1n) is 5.26. The predicted octanol–water partition coefficient (Wildman–Crippen LogP) is 2.91. The van der Waals surface area contributed by atoms with E-state index < -0.39 is 11.6 Å². The molecular weight excluding hydrogens is 233 g/mol. The highest BCUT2D eigenvalue weighted by molar-refractivity contribution is 5.82. The van der Waals surface area contributed by atoms with E-state index >= 15 is 0 Å². The highest BCUT2D eigenvalue weighted by Gasteiger charge is 2.07. The fourth-order valence-electron chi connectivity index (χ4n) is 1.50. The highest BCUT2D eigenvalue weighted by atomic mass is 19.1. The van der Waals surface area contributed by atoms with Crippen molar-refractivity contribution in [2.45, 2.75) is 0 Å². The van der Waals surface area contributed by atoms with Crippen LogP contribution in [0.25, 0.3) is 12.2 Å². The summed E-state index contributed by atoms with van der Waals surface area (Å²) in [5.74, 6) is -1.43. The number of hydrogen-bond acceptors (Lipinski definition) is 3. The van der Waals surface area contributed by atoms with Crippen LogP contribution < -0.4 is 0 Å². The molecule has 3 nitrogen and oxygen atoms in total. The van der Waals surface area contributed by atoms with Gasteiger partial charge in [-0.25, -0.2) is 4.39 Å². The normalized spacial score (nSPS) is 10.7. The van der Waals surface area contributed by atoms with Crippen LogP contribution in [0.5, 0.6) is 5.75 Å². The lowest BCUT2D eigenvalue weighted by Gasteiger charge is -2.01. The van der Waals surface area contributed by atoms with Gasteiger partial charge in [0.05, 0.1) is 5.56 Å². The molecule has 2 aromatic rings. The summed E-state index contributed by atoms with van der Waals surface area (Å²) in [7, 11) is 0. The Bertz CT molecular complexity index is 594. The SMILES string of the molecule is O=Cc1cc(C=Cc2ccncc2)cc(F)c1O. The van der Waals surface area contributed by atoms with Crippen LogP contribution in [0.2, 0.25) is 0 Å². The van der Waals surface area contributed by atoms with Crippen LogP contribution in [0.4, 0.5) is 4.39 Å². The Kier molecular flexibility index (Phi) is 3.48. The smallest absolute Gasteiger partial charge is 0.166 e. The molecule has 0 aliphatic rings. The van der Waals surface area contributed by atoms with Gasteiger partial charge in [0, 0.05) is 12.4 Å². The van der Waals surface area contributed by atoms with E-state index in [9.17, 15) is 14.3 Å². The van der Waals surface area contributed by atoms with Crippen LogP contribution in [-0.2, 0) is 0 Å². The first-order valence-corrected chi connectivity index (χ1v) is 5.26. The Morgan fingerprint density at radius 2 is 1.78 bits per heavy atom. The van der Waals surface area contributed by atoms with Gasteiger partial charge in [-0.05, 0) is 35.4 Å². The van der Waals surface area contributed by atoms with Gasteiger partial charge in [0.1, 0.15) is 0 Å². The standard InChI is InChI=1S/C14H10FNO2/c15-13-8-11(7-12(9-17)14(13)18)2-1-10-3-5-16-6-4-10/h1-9,18H. The van der Waals surface area contributed by atoms with Crippen LogP contribution in [0.3, 0.4) is 0 Å². The molecule has 0 saturated heterocycles. The minimum Gasteiger partial charge on any atom is -0.504 e. The van der Waals surface area contributed by atoms with E-state index in [0.717, 1.165) is 5.56 Å². The van der Waals surface area contributed by atoms with Gasteiger partial charge < -0.3 is 5.11 Å². The van der Waals surface area contributed by atoms with E-state index in [2.05, 4.69) is 4.98 Å². The van der Waals surface area contributed by atoms with Gasteiger partial charge in [0.2, 0.25) is 0 Å². The summed E-state index contributed by atoms with van der Waals surface area (Å²) < 4.78 is 13.3. The van der Waals surface area contributed by atoms with E-state index in [-0.39, 0.29) is 5.56 Å². The van der Waals surface area contributed by atoms with Gasteiger partial charge in [-0.1, -0.05) is 12.2 Å². The molecule has 0 fully saturated rings. The van der Waals surface area contributed by atoms with Gasteiger partial charge in [0.25, 0.3) is 0 Å². The molecule has 1 heterocycles. The summed E-state index contributed by atoms with van der Waals surface area (Å²) in [6, 6.07) is 6.19. The minimum atomic E-state index is -0.811. The molecule has 0 spiro atoms. The lowest BCUT2D eigenvalue weighted by atomic mass is 10.1. The van der Waals surface area contributed by atoms with Crippen molar-refractivity contribution >= 4 is 18.4 Å². The number of aromatic hydroxyl groups is 1. The van der Waals surface area contributed by atoms with Crippen molar-refractivity contribution in [3.8, 4) is 5.75 Å². The molecule has 1 aromatic carbocycles. The van der Waals surface area contributed by atoms with E-state index in [0.29, 0.717) is 11.8 Å². The van der Waals surface area contributed by atoms with E-state index in [1.807, 2.05) is 0 Å². The Hall–Kier alpha value is -2.49. The molecule has 0 saturated carbocycles. The van der Waals surface area contributed by atoms with Crippen LogP contribution >= 0.6 is 0 Å². The average Bonchev–Trinajstić information content (AvgIpc) is 2.41. The maximum absolute atomic E-state index is 13.3. The molecule has 0 amide bonds. The number of aromatic nitrogens is 1. The molecule has 90 valence electrons. The summed E-state index contributed by atoms with van der Waals surface area (Å²) in [5, 5.41) is 9.27. The van der Waals surface area contributed by atoms with Crippen molar-refractivity contribution in [3.05, 3.63) is 59.2 Å². The van der Waals surface area contributed by atoms with Crippen molar-refractivity contribution in [2.24, 2.45) is 0 Å². The Labute approximate surface area is 103 Å². The first kappa shape index (κ1) is 12.0. The number of hydrogen-bond donors (Lipinski definition) is 1. The second-order valence-corrected chi connectivity index (χ2v) is 3.67. The fourth-order valence-corrected chi connectivity index (χ4v) is 1.50. The number of carbonyl (C=O) groups excluding carboxylic acids is 1. The lowest BCUT2D eigenvalue weighted by molar-refractivity contribution is 0.112. The molecule has 0 bridgehead atoms. The van der Waals surface area contributed by atoms with Gasteiger partial charge in [0.15, 0.2) is 17.9 Å². The summed E-state index contributed by atoms with van der Waals surface area (Å²) in [6.07, 6.45) is 7.14. The van der Waals surface area contributed by atoms with Gasteiger partial charge in [-0.15, -0.1) is 0 Å². The molecule has 0 atom stereocenters. The molecule has 18 heavy (non-hydrogen) atoms. The van der Waals surface area contributed by atoms with Crippen molar-refractivity contribution in [2.75, 3.05) is 0 Å². The molecule has 0 unspecified atom stereocenters. The van der Waals surface area contributed by atoms with Gasteiger partial charge in [-0.3, -0.25) is 9.78 Å². The number of carbonyl (C=O) groups is 1. The van der Waals surface area contributed by atoms with Gasteiger partial charge in [-0.2, -0.15) is 0 Å². The number of benzene rings is 1. The molecule has 4 heteroatoms. The topological polar surface area (TPSA) is 50.2 Å². The lowest BCUT2D eigenvalue weighted by Crippen LogP contribution is -1.87. The summed E-state index contributed by atoms with van der Waals surface area (Å²) >= 11 is 0. The summed E-state index contributed by atoms with van der Waals surface area (Å²) in [6.45, 7) is 0. The van der Waals surface area contributed by atoms with Crippen LogP contribution in [0, 0.1) is 5.82 Å². The molecule has 1 aromatic heterocycles. The molecule has 0 aliphatic heterocycles. The van der Waals surface area contributed by atoms with Crippen LogP contribution in [0.1, 0.15) is 21.5 Å². The fraction of sp³-hybridized carbons (Fsp3) is 0. The zero-order valence-electron chi connectivity index (χ0n) is 9.38. The number of pyridine rings is 1. The zero-order valence-corrected chi connectivity index (χ0v) is 9.38. The predicted molar refractivity (Wildman–Crippen MR) is 66.6 cm³/mol. The van der Waals surface area contributed by atoms with E-state index in [1.165, 1.54) is 12.1 Å². The second-order valence-electron chi connectivity index (χ2n) is 3.67. The maximum Gasteiger partial charge on any atom is 0.166 e. The number of halogens is 1. The zero-order chi connectivity index (χ0) is 13.0. The van der Waals surface area contributed by atoms with E-state index in [1.54, 1.807) is 36.7 Å². The summed E-state index contributed by atoms with van der Waals surface area (Å²) in [4.78, 5) is 14.5. The third-order valence-corrected chi connectivity index (χ3v) is 2.42. The number of rotatable bonds is 3. The Balaban J connectivity index is 2.33. The number of nitrogens with zero attached hydrogens (tertiary/aromatic N) is 1. The van der Waals surface area contributed by atoms with E-state index in [4.69, 9.17) is 0 Å². The van der Waals surface area contributed by atoms with Crippen LogP contribution in [0.15, 0.2) is 36.7 Å². The molecule has 0 radical (unpaired) electrons. The first-order chi connectivity index (χ1) is 8.70. The number of phenolic OH excluding ortho intramolecular Hbond substituents is 1. The average molecular weight is 243 g/mol. The number of aldehydes is 1. The highest BCUT2D eigenvalue weighted by Crippen LogP contribution is 2.22. The number of phenols is 1. The molecular formula is C14H10FNO2. The molecule has 2 rings (SSSR count). The van der Waals surface area contributed by atoms with Crippen molar-refractivity contribution < 1.29 is 14.3 Å². The maximum atomic E-state index is 13.3. The van der Waals surface area contributed by atoms with Crippen molar-refractivity contribution in [1.82, 2.24) is 4.98 Å². The third-order valence-electron chi connectivity index (χ3n) is 2.42. The quantitative estimate of drug-likeness (QED) is 0.843. The summed E-state index contributed by atoms with van der Waals surface area (Å²) in [5.41, 5.74) is 1.35. The third kappa shape index (κ3) is 2.60. The van der Waals surface area contributed by atoms with Crippen LogP contribution in [-0.4, -0.2) is 16.4 Å².